The normalized spacial score (nSPS) is 11.1. The van der Waals surface area contributed by atoms with Gasteiger partial charge in [0, 0.05) is 13.3 Å². The van der Waals surface area contributed by atoms with E-state index in [2.05, 4.69) is 0 Å². The molecule has 0 N–H and O–H groups in total. The van der Waals surface area contributed by atoms with Crippen LogP contribution >= 0.6 is 31.1 Å². The average molecular weight is 409 g/mol. The molecule has 0 atom stereocenters. The maximum Gasteiger partial charge on any atom is 0.196 e. The number of benzene rings is 4. The number of carbonyl (C=O) groups is 1. The molecule has 4 heteroatoms. The van der Waals surface area contributed by atoms with Crippen LogP contribution in [0, 0.1) is 0 Å². The van der Waals surface area contributed by atoms with E-state index in [1.807, 2.05) is 91.0 Å². The molecule has 0 aliphatic heterocycles. The fraction of sp³-hybridized carbons (Fsp3) is 0. The van der Waals surface area contributed by atoms with E-state index in [-0.39, 0.29) is 5.52 Å². The van der Waals surface area contributed by atoms with Gasteiger partial charge >= 0.3 is 0 Å². The smallest absolute Gasteiger partial charge is 0.196 e. The molecular formula is C23H15Cl2OP. The van der Waals surface area contributed by atoms with Gasteiger partial charge in [-0.25, -0.2) is 0 Å². The van der Waals surface area contributed by atoms with Crippen LogP contribution in [-0.2, 0) is 0 Å². The van der Waals surface area contributed by atoms with Crippen LogP contribution < -0.4 is 10.6 Å². The second kappa shape index (κ2) is 7.82. The quantitative estimate of drug-likeness (QED) is 0.356. The second-order valence-electron chi connectivity index (χ2n) is 6.08. The Bertz CT molecular complexity index is 1070. The molecule has 0 fully saturated rings. The minimum absolute atomic E-state index is 0.0387. The average Bonchev–Trinajstić information content (AvgIpc) is 2.70. The Labute approximate surface area is 169 Å². The minimum Gasteiger partial charge on any atom is -0.288 e. The summed E-state index contributed by atoms with van der Waals surface area (Å²) in [4.78, 5) is 13.7. The minimum atomic E-state index is -1.28. The third-order valence-electron chi connectivity index (χ3n) is 4.38. The highest BCUT2D eigenvalue weighted by molar-refractivity contribution is 7.88. The summed E-state index contributed by atoms with van der Waals surface area (Å²) >= 11 is 13.2. The van der Waals surface area contributed by atoms with Crippen molar-refractivity contribution in [3.63, 3.8) is 0 Å². The molecule has 0 aliphatic carbocycles. The first-order valence-electron chi connectivity index (χ1n) is 8.48. The summed E-state index contributed by atoms with van der Waals surface area (Å²) in [6.07, 6.45) is 0. The van der Waals surface area contributed by atoms with Crippen LogP contribution in [0.25, 0.3) is 10.8 Å². The molecule has 132 valence electrons. The molecular weight excluding hydrogens is 394 g/mol. The first-order chi connectivity index (χ1) is 13.2. The third-order valence-corrected chi connectivity index (χ3v) is 7.33. The van der Waals surface area contributed by atoms with Gasteiger partial charge in [-0.1, -0.05) is 108 Å². The molecule has 0 saturated carbocycles. The van der Waals surface area contributed by atoms with Gasteiger partial charge in [-0.3, -0.25) is 4.79 Å². The van der Waals surface area contributed by atoms with Crippen LogP contribution in [0.4, 0.5) is 0 Å². The molecule has 0 heterocycles. The van der Waals surface area contributed by atoms with Crippen LogP contribution in [0.5, 0.6) is 0 Å². The summed E-state index contributed by atoms with van der Waals surface area (Å²) in [6, 6.07) is 29.1. The lowest BCUT2D eigenvalue weighted by molar-refractivity contribution is 0.108. The summed E-state index contributed by atoms with van der Waals surface area (Å²) in [7, 11) is -1.28. The van der Waals surface area contributed by atoms with Crippen molar-refractivity contribution < 1.29 is 4.79 Å². The Balaban J connectivity index is 1.92. The monoisotopic (exact) mass is 408 g/mol. The van der Waals surface area contributed by atoms with Gasteiger partial charge in [0.25, 0.3) is 0 Å². The molecule has 0 spiro atoms. The van der Waals surface area contributed by atoms with Crippen molar-refractivity contribution in [2.45, 2.75) is 0 Å². The largest absolute Gasteiger partial charge is 0.288 e. The first kappa shape index (κ1) is 18.2. The van der Waals surface area contributed by atoms with Crippen molar-refractivity contribution >= 4 is 58.0 Å². The number of fused-ring (bicyclic) bond motifs is 1. The van der Waals surface area contributed by atoms with Crippen molar-refractivity contribution in [3.05, 3.63) is 107 Å². The number of hydrogen-bond donors (Lipinski definition) is 0. The van der Waals surface area contributed by atoms with E-state index < -0.39 is 7.92 Å². The van der Waals surface area contributed by atoms with E-state index in [9.17, 15) is 4.79 Å². The van der Waals surface area contributed by atoms with Gasteiger partial charge in [0.05, 0.1) is 15.6 Å². The maximum atomic E-state index is 13.7. The van der Waals surface area contributed by atoms with E-state index in [4.69, 9.17) is 23.2 Å². The van der Waals surface area contributed by atoms with Crippen LogP contribution in [0.15, 0.2) is 91.0 Å². The SMILES string of the molecule is O=C(c1c(Cl)cc2ccccc2c1Cl)P(c1ccccc1)c1ccccc1. The van der Waals surface area contributed by atoms with Crippen LogP contribution in [0.2, 0.25) is 10.0 Å². The molecule has 0 aromatic heterocycles. The topological polar surface area (TPSA) is 17.1 Å². The Kier molecular flexibility index (Phi) is 5.27. The highest BCUT2D eigenvalue weighted by Gasteiger charge is 2.28. The van der Waals surface area contributed by atoms with Crippen molar-refractivity contribution in [2.24, 2.45) is 0 Å². The lowest BCUT2D eigenvalue weighted by Crippen LogP contribution is -2.18. The summed E-state index contributed by atoms with van der Waals surface area (Å²) in [5, 5.41) is 4.52. The van der Waals surface area contributed by atoms with Crippen LogP contribution in [-0.4, -0.2) is 5.52 Å². The summed E-state index contributed by atoms with van der Waals surface area (Å²) in [5.41, 5.74) is 0.360. The lowest BCUT2D eigenvalue weighted by atomic mass is 10.1. The predicted molar refractivity (Wildman–Crippen MR) is 117 cm³/mol. The Morgan fingerprint density at radius 2 is 1.22 bits per heavy atom. The summed E-state index contributed by atoms with van der Waals surface area (Å²) in [6.45, 7) is 0. The van der Waals surface area contributed by atoms with E-state index in [1.54, 1.807) is 0 Å². The van der Waals surface area contributed by atoms with Gasteiger partial charge in [-0.15, -0.1) is 0 Å². The molecule has 4 aromatic carbocycles. The molecule has 0 radical (unpaired) electrons. The zero-order valence-electron chi connectivity index (χ0n) is 14.3. The van der Waals surface area contributed by atoms with E-state index in [1.165, 1.54) is 0 Å². The molecule has 0 amide bonds. The number of carbonyl (C=O) groups excluding carboxylic acids is 1. The van der Waals surface area contributed by atoms with Gasteiger partial charge in [-0.05, 0) is 22.1 Å². The van der Waals surface area contributed by atoms with Crippen molar-refractivity contribution in [2.75, 3.05) is 0 Å². The summed E-state index contributed by atoms with van der Waals surface area (Å²) in [5.74, 6) is 0. The Morgan fingerprint density at radius 1 is 0.704 bits per heavy atom. The third kappa shape index (κ3) is 3.51. The fourth-order valence-corrected chi connectivity index (χ4v) is 6.12. The molecule has 0 saturated heterocycles. The summed E-state index contributed by atoms with van der Waals surface area (Å²) < 4.78 is 0. The van der Waals surface area contributed by atoms with Crippen molar-refractivity contribution in [1.82, 2.24) is 0 Å². The number of hydrogen-bond acceptors (Lipinski definition) is 1. The standard InChI is InChI=1S/C23H15Cl2OP/c24-20-15-16-9-7-8-14-19(16)22(25)21(20)23(26)27(17-10-3-1-4-11-17)18-12-5-2-6-13-18/h1-15H. The molecule has 4 aromatic rings. The van der Waals surface area contributed by atoms with E-state index in [0.29, 0.717) is 15.6 Å². The Morgan fingerprint density at radius 3 is 1.81 bits per heavy atom. The first-order valence-corrected chi connectivity index (χ1v) is 10.6. The van der Waals surface area contributed by atoms with Gasteiger partial charge in [0.15, 0.2) is 5.52 Å². The number of rotatable bonds is 4. The zero-order chi connectivity index (χ0) is 18.8. The van der Waals surface area contributed by atoms with Gasteiger partial charge in [0.2, 0.25) is 0 Å². The highest BCUT2D eigenvalue weighted by Crippen LogP contribution is 2.43. The highest BCUT2D eigenvalue weighted by atomic mass is 35.5. The van der Waals surface area contributed by atoms with E-state index in [0.717, 1.165) is 21.4 Å². The zero-order valence-corrected chi connectivity index (χ0v) is 16.7. The number of halogens is 2. The maximum absolute atomic E-state index is 13.7. The second-order valence-corrected chi connectivity index (χ2v) is 8.98. The van der Waals surface area contributed by atoms with E-state index >= 15 is 0 Å². The Hall–Kier alpha value is -2.18. The fourth-order valence-electron chi connectivity index (χ4n) is 3.12. The molecule has 0 bridgehead atoms. The predicted octanol–water partition coefficient (Wildman–Crippen LogP) is 6.42. The van der Waals surface area contributed by atoms with Crippen molar-refractivity contribution in [1.29, 1.82) is 0 Å². The van der Waals surface area contributed by atoms with Gasteiger partial charge in [0.1, 0.15) is 0 Å². The van der Waals surface area contributed by atoms with Gasteiger partial charge in [-0.2, -0.15) is 0 Å². The van der Waals surface area contributed by atoms with Crippen molar-refractivity contribution in [3.8, 4) is 0 Å². The molecule has 1 nitrogen and oxygen atoms in total. The van der Waals surface area contributed by atoms with Crippen LogP contribution in [0.3, 0.4) is 0 Å². The lowest BCUT2D eigenvalue weighted by Gasteiger charge is -2.19. The molecule has 4 rings (SSSR count). The van der Waals surface area contributed by atoms with Crippen LogP contribution in [0.1, 0.15) is 10.4 Å². The molecule has 0 aliphatic rings. The molecule has 27 heavy (non-hydrogen) atoms. The van der Waals surface area contributed by atoms with Gasteiger partial charge < -0.3 is 0 Å². The molecule has 0 unspecified atom stereocenters.